The summed E-state index contributed by atoms with van der Waals surface area (Å²) >= 11 is 1.29. The van der Waals surface area contributed by atoms with Gasteiger partial charge in [-0.2, -0.15) is 5.10 Å². The Kier molecular flexibility index (Phi) is 5.18. The van der Waals surface area contributed by atoms with Gasteiger partial charge in [-0.05, 0) is 30.2 Å². The predicted molar refractivity (Wildman–Crippen MR) is 108 cm³/mol. The molecule has 0 aliphatic rings. The van der Waals surface area contributed by atoms with Gasteiger partial charge in [0.1, 0.15) is 11.6 Å². The highest BCUT2D eigenvalue weighted by Gasteiger charge is 2.14. The first-order valence-electron chi connectivity index (χ1n) is 8.71. The minimum atomic E-state index is -0.365. The molecule has 7 nitrogen and oxygen atoms in total. The fraction of sp³-hybridized carbons (Fsp3) is 0.211. The third-order valence-electron chi connectivity index (χ3n) is 4.36. The van der Waals surface area contributed by atoms with Gasteiger partial charge in [-0.1, -0.05) is 23.5 Å². The average molecular weight is 398 g/mol. The lowest BCUT2D eigenvalue weighted by molar-refractivity contribution is 0.414. The Balaban J connectivity index is 1.39. The van der Waals surface area contributed by atoms with Crippen LogP contribution in [0.3, 0.4) is 0 Å². The lowest BCUT2D eigenvalue weighted by Gasteiger charge is -2.12. The Labute approximate surface area is 164 Å². The minimum absolute atomic E-state index is 0.0974. The van der Waals surface area contributed by atoms with E-state index in [9.17, 15) is 4.39 Å². The zero-order chi connectivity index (χ0) is 19.5. The summed E-state index contributed by atoms with van der Waals surface area (Å²) in [6.45, 7) is 0.532. The number of benzene rings is 2. The minimum Gasteiger partial charge on any atom is -0.497 e. The van der Waals surface area contributed by atoms with Crippen molar-refractivity contribution in [2.45, 2.75) is 12.5 Å². The van der Waals surface area contributed by atoms with E-state index >= 15 is 0 Å². The number of hydrogen-bond acceptors (Lipinski definition) is 7. The summed E-state index contributed by atoms with van der Waals surface area (Å²) in [5.74, 6) is 0.452. The molecule has 0 saturated carbocycles. The molecule has 0 bridgehead atoms. The molecule has 4 N–H and O–H groups in total. The smallest absolute Gasteiger partial charge is 0.206 e. The summed E-state index contributed by atoms with van der Waals surface area (Å²) in [7, 11) is 1.64. The van der Waals surface area contributed by atoms with Gasteiger partial charge < -0.3 is 15.8 Å². The largest absolute Gasteiger partial charge is 0.497 e. The Morgan fingerprint density at radius 3 is 2.86 bits per heavy atom. The molecule has 28 heavy (non-hydrogen) atoms. The maximum atomic E-state index is 14.3. The second kappa shape index (κ2) is 7.91. The molecule has 0 saturated heterocycles. The maximum Gasteiger partial charge on any atom is 0.206 e. The number of aromatic amines is 1. The van der Waals surface area contributed by atoms with Crippen molar-refractivity contribution in [1.29, 1.82) is 0 Å². The molecular weight excluding hydrogens is 379 g/mol. The van der Waals surface area contributed by atoms with E-state index in [1.165, 1.54) is 17.4 Å². The molecule has 144 valence electrons. The number of nitrogens with zero attached hydrogens (tertiary/aromatic N) is 3. The van der Waals surface area contributed by atoms with Crippen molar-refractivity contribution in [3.8, 4) is 16.3 Å². The molecule has 0 spiro atoms. The topological polar surface area (TPSA) is 102 Å². The van der Waals surface area contributed by atoms with Gasteiger partial charge in [-0.3, -0.25) is 5.10 Å². The van der Waals surface area contributed by atoms with Gasteiger partial charge >= 0.3 is 0 Å². The van der Waals surface area contributed by atoms with Crippen molar-refractivity contribution in [3.05, 3.63) is 54.0 Å². The lowest BCUT2D eigenvalue weighted by atomic mass is 10.1. The Morgan fingerprint density at radius 1 is 1.25 bits per heavy atom. The van der Waals surface area contributed by atoms with Gasteiger partial charge in [0.25, 0.3) is 0 Å². The van der Waals surface area contributed by atoms with Gasteiger partial charge in [0.15, 0.2) is 5.01 Å². The van der Waals surface area contributed by atoms with Crippen LogP contribution in [0.15, 0.2) is 42.6 Å². The number of nitrogens with two attached hydrogens (primary N) is 1. The molecular formula is C19H19FN6OS. The number of methoxy groups -OCH3 is 1. The monoisotopic (exact) mass is 398 g/mol. The van der Waals surface area contributed by atoms with Crippen LogP contribution in [0.2, 0.25) is 0 Å². The Morgan fingerprint density at radius 2 is 2.07 bits per heavy atom. The summed E-state index contributed by atoms with van der Waals surface area (Å²) in [5, 5.41) is 20.0. The molecule has 0 amide bonds. The van der Waals surface area contributed by atoms with E-state index in [2.05, 4.69) is 25.7 Å². The van der Waals surface area contributed by atoms with E-state index in [0.717, 1.165) is 16.7 Å². The van der Waals surface area contributed by atoms with Crippen molar-refractivity contribution >= 4 is 27.4 Å². The average Bonchev–Trinajstić information content (AvgIpc) is 3.35. The van der Waals surface area contributed by atoms with Crippen molar-refractivity contribution in [2.75, 3.05) is 19.0 Å². The number of H-pyrrole nitrogens is 1. The van der Waals surface area contributed by atoms with Crippen LogP contribution in [0.1, 0.15) is 5.56 Å². The van der Waals surface area contributed by atoms with Gasteiger partial charge in [0, 0.05) is 29.6 Å². The normalized spacial score (nSPS) is 12.2. The van der Waals surface area contributed by atoms with Crippen LogP contribution in [-0.4, -0.2) is 40.1 Å². The summed E-state index contributed by atoms with van der Waals surface area (Å²) in [6.07, 6.45) is 2.37. The highest BCUT2D eigenvalue weighted by Crippen LogP contribution is 2.31. The summed E-state index contributed by atoms with van der Waals surface area (Å²) < 4.78 is 19.5. The molecule has 0 fully saturated rings. The molecule has 0 aliphatic carbocycles. The third kappa shape index (κ3) is 3.95. The summed E-state index contributed by atoms with van der Waals surface area (Å²) in [4.78, 5) is 0. The Bertz CT molecular complexity index is 1080. The van der Waals surface area contributed by atoms with Crippen molar-refractivity contribution in [3.63, 3.8) is 0 Å². The highest BCUT2D eigenvalue weighted by molar-refractivity contribution is 7.18. The number of halogens is 1. The quantitative estimate of drug-likeness (QED) is 0.442. The number of hydrogen-bond donors (Lipinski definition) is 3. The molecule has 2 heterocycles. The number of fused-ring (bicyclic) bond motifs is 1. The van der Waals surface area contributed by atoms with Crippen molar-refractivity contribution in [1.82, 2.24) is 20.4 Å². The molecule has 0 unspecified atom stereocenters. The number of ether oxygens (including phenoxy) is 1. The Hall–Kier alpha value is -3.04. The number of nitrogens with one attached hydrogen (secondary N) is 2. The molecule has 9 heteroatoms. The van der Waals surface area contributed by atoms with E-state index in [1.807, 2.05) is 24.3 Å². The number of anilines is 1. The lowest BCUT2D eigenvalue weighted by Crippen LogP contribution is -2.31. The van der Waals surface area contributed by atoms with Gasteiger partial charge in [-0.15, -0.1) is 10.2 Å². The van der Waals surface area contributed by atoms with E-state index in [-0.39, 0.29) is 11.9 Å². The van der Waals surface area contributed by atoms with E-state index in [4.69, 9.17) is 10.5 Å². The van der Waals surface area contributed by atoms with Crippen LogP contribution >= 0.6 is 11.3 Å². The second-order valence-electron chi connectivity index (χ2n) is 6.39. The SMILES string of the molecule is COc1ccc(C[C@@H](N)CNc2nnc(-c3cc4cn[nH]c4cc3F)s2)cc1. The molecule has 2 aromatic heterocycles. The van der Waals surface area contributed by atoms with Crippen LogP contribution in [0, 0.1) is 5.82 Å². The van der Waals surface area contributed by atoms with Gasteiger partial charge in [-0.25, -0.2) is 4.39 Å². The molecule has 2 aromatic carbocycles. The summed E-state index contributed by atoms with van der Waals surface area (Å²) in [5.41, 5.74) is 8.39. The third-order valence-corrected chi connectivity index (χ3v) is 5.27. The van der Waals surface area contributed by atoms with E-state index in [0.29, 0.717) is 34.2 Å². The van der Waals surface area contributed by atoms with Crippen LogP contribution in [0.4, 0.5) is 9.52 Å². The van der Waals surface area contributed by atoms with Gasteiger partial charge in [0.05, 0.1) is 18.8 Å². The first-order valence-corrected chi connectivity index (χ1v) is 9.53. The second-order valence-corrected chi connectivity index (χ2v) is 7.37. The van der Waals surface area contributed by atoms with Crippen molar-refractivity contribution < 1.29 is 9.13 Å². The van der Waals surface area contributed by atoms with Crippen LogP contribution in [0.5, 0.6) is 5.75 Å². The number of aromatic nitrogens is 4. The maximum absolute atomic E-state index is 14.3. The molecule has 1 atom stereocenters. The first kappa shape index (κ1) is 18.3. The highest BCUT2D eigenvalue weighted by atomic mass is 32.1. The predicted octanol–water partition coefficient (Wildman–Crippen LogP) is 3.21. The van der Waals surface area contributed by atoms with Crippen LogP contribution in [-0.2, 0) is 6.42 Å². The fourth-order valence-corrected chi connectivity index (χ4v) is 3.66. The summed E-state index contributed by atoms with van der Waals surface area (Å²) in [6, 6.07) is 10.9. The van der Waals surface area contributed by atoms with Crippen molar-refractivity contribution in [2.24, 2.45) is 5.73 Å². The van der Waals surface area contributed by atoms with E-state index in [1.54, 1.807) is 19.4 Å². The zero-order valence-corrected chi connectivity index (χ0v) is 16.0. The number of rotatable bonds is 7. The fourth-order valence-electron chi connectivity index (χ4n) is 2.89. The molecule has 4 aromatic rings. The molecule has 0 aliphatic heterocycles. The molecule has 0 radical (unpaired) electrons. The standard InChI is InChI=1S/C19H19FN6OS/c1-27-14-4-2-11(3-5-14)6-13(21)10-22-19-26-25-18(28-19)15-7-12-9-23-24-17(12)8-16(15)20/h2-5,7-9,13H,6,10,21H2,1H3,(H,22,26)(H,23,24)/t13-/m1/s1. The van der Waals surface area contributed by atoms with Crippen LogP contribution in [0.25, 0.3) is 21.5 Å². The zero-order valence-electron chi connectivity index (χ0n) is 15.1. The van der Waals surface area contributed by atoms with Gasteiger partial charge in [0.2, 0.25) is 5.13 Å². The van der Waals surface area contributed by atoms with Crippen LogP contribution < -0.4 is 15.8 Å². The first-order chi connectivity index (χ1) is 13.6. The molecule has 4 rings (SSSR count). The van der Waals surface area contributed by atoms with E-state index < -0.39 is 0 Å².